The van der Waals surface area contributed by atoms with Crippen LogP contribution in [-0.4, -0.2) is 34.6 Å². The van der Waals surface area contributed by atoms with E-state index in [0.717, 1.165) is 37.4 Å². The standard InChI is InChI=1S/C14H27N3S/c1-5-14(6-2,17(7-3)8-4)12(15)11-13-16-9-10-18-13/h9-10,12H,5-8,11,15H2,1-4H3. The van der Waals surface area contributed by atoms with Crippen molar-refractivity contribution in [2.24, 2.45) is 5.73 Å². The molecule has 1 heterocycles. The molecule has 0 spiro atoms. The van der Waals surface area contributed by atoms with Crippen LogP contribution in [0.2, 0.25) is 0 Å². The molecule has 1 aromatic heterocycles. The highest BCUT2D eigenvalue weighted by atomic mass is 32.1. The third-order valence-electron chi connectivity index (χ3n) is 4.19. The summed E-state index contributed by atoms with van der Waals surface area (Å²) in [5.74, 6) is 0. The number of aromatic nitrogens is 1. The molecule has 0 aliphatic carbocycles. The Balaban J connectivity index is 2.88. The fraction of sp³-hybridized carbons (Fsp3) is 0.786. The Hall–Kier alpha value is -0.450. The van der Waals surface area contributed by atoms with Crippen LogP contribution in [-0.2, 0) is 6.42 Å². The summed E-state index contributed by atoms with van der Waals surface area (Å²) in [4.78, 5) is 6.89. The van der Waals surface area contributed by atoms with Gasteiger partial charge in [-0.25, -0.2) is 4.98 Å². The zero-order valence-corrected chi connectivity index (χ0v) is 13.0. The third-order valence-corrected chi connectivity index (χ3v) is 4.99. The number of hydrogen-bond donors (Lipinski definition) is 1. The Labute approximate surface area is 115 Å². The zero-order chi connectivity index (χ0) is 13.6. The second-order valence-electron chi connectivity index (χ2n) is 4.72. The van der Waals surface area contributed by atoms with E-state index in [-0.39, 0.29) is 11.6 Å². The molecule has 0 radical (unpaired) electrons. The van der Waals surface area contributed by atoms with Gasteiger partial charge >= 0.3 is 0 Å². The molecule has 0 aromatic carbocycles. The number of nitrogens with two attached hydrogens (primary N) is 1. The van der Waals surface area contributed by atoms with Gasteiger partial charge in [-0.2, -0.15) is 0 Å². The van der Waals surface area contributed by atoms with Gasteiger partial charge in [0.15, 0.2) is 0 Å². The van der Waals surface area contributed by atoms with Crippen LogP contribution in [0.25, 0.3) is 0 Å². The van der Waals surface area contributed by atoms with E-state index in [9.17, 15) is 0 Å². The van der Waals surface area contributed by atoms with Gasteiger partial charge < -0.3 is 5.73 Å². The lowest BCUT2D eigenvalue weighted by Gasteiger charge is -2.46. The summed E-state index contributed by atoms with van der Waals surface area (Å²) in [5.41, 5.74) is 6.65. The maximum atomic E-state index is 6.54. The highest BCUT2D eigenvalue weighted by Crippen LogP contribution is 2.29. The molecule has 0 bridgehead atoms. The summed E-state index contributed by atoms with van der Waals surface area (Å²) >= 11 is 1.71. The van der Waals surface area contributed by atoms with Crippen LogP contribution >= 0.6 is 11.3 Å². The maximum absolute atomic E-state index is 6.54. The molecule has 2 N–H and O–H groups in total. The molecule has 0 fully saturated rings. The summed E-state index contributed by atoms with van der Waals surface area (Å²) in [6, 6.07) is 0.151. The van der Waals surface area contributed by atoms with Gasteiger partial charge in [-0.05, 0) is 25.9 Å². The van der Waals surface area contributed by atoms with Crippen molar-refractivity contribution in [3.8, 4) is 0 Å². The fourth-order valence-electron chi connectivity index (χ4n) is 3.04. The van der Waals surface area contributed by atoms with E-state index in [1.807, 2.05) is 11.6 Å². The first-order chi connectivity index (χ1) is 8.64. The van der Waals surface area contributed by atoms with Gasteiger partial charge in [-0.3, -0.25) is 4.90 Å². The smallest absolute Gasteiger partial charge is 0.0940 e. The van der Waals surface area contributed by atoms with Crippen molar-refractivity contribution in [1.29, 1.82) is 0 Å². The predicted molar refractivity (Wildman–Crippen MR) is 80.0 cm³/mol. The van der Waals surface area contributed by atoms with Crippen molar-refractivity contribution in [2.45, 2.75) is 58.5 Å². The van der Waals surface area contributed by atoms with E-state index in [2.05, 4.69) is 37.6 Å². The molecule has 18 heavy (non-hydrogen) atoms. The van der Waals surface area contributed by atoms with Gasteiger partial charge in [0.05, 0.1) is 5.01 Å². The van der Waals surface area contributed by atoms with Crippen molar-refractivity contribution in [3.63, 3.8) is 0 Å². The summed E-state index contributed by atoms with van der Waals surface area (Å²) in [6.07, 6.45) is 4.94. The van der Waals surface area contributed by atoms with Crippen LogP contribution in [0.3, 0.4) is 0 Å². The fourth-order valence-corrected chi connectivity index (χ4v) is 3.72. The van der Waals surface area contributed by atoms with Crippen LogP contribution in [0.15, 0.2) is 11.6 Å². The molecular formula is C14H27N3S. The van der Waals surface area contributed by atoms with Gasteiger partial charge in [0.1, 0.15) is 0 Å². The molecule has 0 saturated carbocycles. The molecule has 0 saturated heterocycles. The van der Waals surface area contributed by atoms with Crippen molar-refractivity contribution in [1.82, 2.24) is 9.88 Å². The van der Waals surface area contributed by atoms with Gasteiger partial charge in [0.25, 0.3) is 0 Å². The topological polar surface area (TPSA) is 42.1 Å². The minimum Gasteiger partial charge on any atom is -0.326 e. The van der Waals surface area contributed by atoms with E-state index in [4.69, 9.17) is 5.73 Å². The lowest BCUT2D eigenvalue weighted by molar-refractivity contribution is 0.0628. The Morgan fingerprint density at radius 1 is 1.28 bits per heavy atom. The van der Waals surface area contributed by atoms with Crippen LogP contribution in [0.1, 0.15) is 45.5 Å². The first kappa shape index (κ1) is 15.6. The van der Waals surface area contributed by atoms with Crippen LogP contribution in [0.5, 0.6) is 0 Å². The molecule has 1 aromatic rings. The summed E-state index contributed by atoms with van der Waals surface area (Å²) in [6.45, 7) is 11.1. The third kappa shape index (κ3) is 3.11. The first-order valence-corrected chi connectivity index (χ1v) is 7.91. The van der Waals surface area contributed by atoms with E-state index in [1.54, 1.807) is 11.3 Å². The van der Waals surface area contributed by atoms with Crippen molar-refractivity contribution in [3.05, 3.63) is 16.6 Å². The van der Waals surface area contributed by atoms with Crippen molar-refractivity contribution >= 4 is 11.3 Å². The zero-order valence-electron chi connectivity index (χ0n) is 12.1. The van der Waals surface area contributed by atoms with E-state index < -0.39 is 0 Å². The summed E-state index contributed by atoms with van der Waals surface area (Å²) in [7, 11) is 0. The summed E-state index contributed by atoms with van der Waals surface area (Å²) in [5, 5.41) is 3.18. The molecule has 3 nitrogen and oxygen atoms in total. The highest BCUT2D eigenvalue weighted by molar-refractivity contribution is 7.09. The van der Waals surface area contributed by atoms with E-state index in [0.29, 0.717) is 0 Å². The quantitative estimate of drug-likeness (QED) is 0.789. The van der Waals surface area contributed by atoms with E-state index in [1.165, 1.54) is 0 Å². The second kappa shape index (κ2) is 7.22. The normalized spacial score (nSPS) is 14.1. The number of hydrogen-bond acceptors (Lipinski definition) is 4. The van der Waals surface area contributed by atoms with E-state index >= 15 is 0 Å². The molecule has 104 valence electrons. The molecule has 1 unspecified atom stereocenters. The van der Waals surface area contributed by atoms with Gasteiger partial charge in [-0.15, -0.1) is 11.3 Å². The number of nitrogens with zero attached hydrogens (tertiary/aromatic N) is 2. The maximum Gasteiger partial charge on any atom is 0.0940 e. The van der Waals surface area contributed by atoms with Gasteiger partial charge in [0.2, 0.25) is 0 Å². The monoisotopic (exact) mass is 269 g/mol. The minimum atomic E-state index is 0.106. The Bertz CT molecular complexity index is 316. The molecule has 4 heteroatoms. The largest absolute Gasteiger partial charge is 0.326 e. The number of thiazole rings is 1. The predicted octanol–water partition coefficient (Wildman–Crippen LogP) is 2.91. The Morgan fingerprint density at radius 2 is 1.89 bits per heavy atom. The van der Waals surface area contributed by atoms with Crippen LogP contribution in [0.4, 0.5) is 0 Å². The lowest BCUT2D eigenvalue weighted by Crippen LogP contribution is -2.60. The number of likely N-dealkylation sites (N-methyl/N-ethyl adjacent to an activating group) is 1. The summed E-state index contributed by atoms with van der Waals surface area (Å²) < 4.78 is 0. The highest BCUT2D eigenvalue weighted by Gasteiger charge is 2.37. The molecule has 0 amide bonds. The molecule has 0 aliphatic heterocycles. The molecule has 1 atom stereocenters. The van der Waals surface area contributed by atoms with Crippen molar-refractivity contribution in [2.75, 3.05) is 13.1 Å². The lowest BCUT2D eigenvalue weighted by atomic mass is 9.81. The van der Waals surface area contributed by atoms with Crippen LogP contribution < -0.4 is 5.73 Å². The first-order valence-electron chi connectivity index (χ1n) is 7.03. The average molecular weight is 269 g/mol. The number of rotatable bonds is 8. The molecule has 0 aliphatic rings. The SMILES string of the molecule is CCN(CC)C(CC)(CC)C(N)Cc1nccs1. The minimum absolute atomic E-state index is 0.106. The Morgan fingerprint density at radius 3 is 2.28 bits per heavy atom. The van der Waals surface area contributed by atoms with Gasteiger partial charge in [0, 0.05) is 29.6 Å². The second-order valence-corrected chi connectivity index (χ2v) is 5.70. The average Bonchev–Trinajstić information content (AvgIpc) is 2.88. The van der Waals surface area contributed by atoms with Crippen LogP contribution in [0, 0.1) is 0 Å². The molecule has 1 rings (SSSR count). The molecular weight excluding hydrogens is 242 g/mol. The van der Waals surface area contributed by atoms with Gasteiger partial charge in [-0.1, -0.05) is 27.7 Å². The van der Waals surface area contributed by atoms with Crippen molar-refractivity contribution < 1.29 is 0 Å². The Kier molecular flexibility index (Phi) is 6.26.